The summed E-state index contributed by atoms with van der Waals surface area (Å²) in [7, 11) is 0. The molecule has 1 heterocycles. The minimum atomic E-state index is -0.997. The lowest BCUT2D eigenvalue weighted by molar-refractivity contribution is -0.125. The Kier molecular flexibility index (Phi) is 12.5. The quantitative estimate of drug-likeness (QED) is 0.209. The molecule has 0 aliphatic rings. The molecule has 0 bridgehead atoms. The number of rotatable bonds is 16. The number of carbonyl (C=O) groups excluding carboxylic acids is 2. The van der Waals surface area contributed by atoms with E-state index >= 15 is 0 Å². The Balaban J connectivity index is 1.66. The van der Waals surface area contributed by atoms with Crippen molar-refractivity contribution >= 4 is 38.6 Å². The molecule has 2 amide bonds. The second-order valence-corrected chi connectivity index (χ2v) is 9.85. The van der Waals surface area contributed by atoms with Gasteiger partial charge in [0.2, 0.25) is 5.91 Å². The van der Waals surface area contributed by atoms with Crippen molar-refractivity contribution in [2.24, 2.45) is 0 Å². The number of aliphatic hydroxyl groups excluding tert-OH is 1. The summed E-state index contributed by atoms with van der Waals surface area (Å²) in [5, 5.41) is 16.5. The number of H-pyrrole nitrogens is 1. The summed E-state index contributed by atoms with van der Waals surface area (Å²) in [4.78, 5) is 28.2. The molecule has 4 N–H and O–H groups in total. The van der Waals surface area contributed by atoms with Crippen LogP contribution in [0.3, 0.4) is 0 Å². The van der Waals surface area contributed by atoms with Gasteiger partial charge in [-0.15, -0.1) is 0 Å². The number of carbonyl (C=O) groups is 2. The SMILES string of the molecule is CCCCCCCCCCCCCNC(=O)[C@@H](NC(=O)c1cc2cc(Br)ccc2[nH]1)[C@@H](C)O. The number of unbranched alkanes of at least 4 members (excludes halogenated alkanes) is 10. The highest BCUT2D eigenvalue weighted by atomic mass is 79.9. The number of aliphatic hydroxyl groups is 1. The molecule has 7 heteroatoms. The molecule has 0 unspecified atom stereocenters. The monoisotopic (exact) mass is 521 g/mol. The molecule has 184 valence electrons. The van der Waals surface area contributed by atoms with Gasteiger partial charge in [0.1, 0.15) is 11.7 Å². The maximum Gasteiger partial charge on any atom is 0.268 e. The van der Waals surface area contributed by atoms with Gasteiger partial charge in [-0.25, -0.2) is 0 Å². The van der Waals surface area contributed by atoms with E-state index < -0.39 is 18.1 Å². The molecule has 2 rings (SSSR count). The highest BCUT2D eigenvalue weighted by Crippen LogP contribution is 2.20. The average molecular weight is 523 g/mol. The van der Waals surface area contributed by atoms with E-state index in [-0.39, 0.29) is 5.91 Å². The molecule has 1 aromatic carbocycles. The second kappa shape index (κ2) is 15.1. The number of aromatic nitrogens is 1. The first kappa shape index (κ1) is 27.4. The van der Waals surface area contributed by atoms with Gasteiger partial charge in [0, 0.05) is 21.9 Å². The van der Waals surface area contributed by atoms with E-state index in [1.165, 1.54) is 64.7 Å². The summed E-state index contributed by atoms with van der Waals surface area (Å²) in [5.74, 6) is -0.776. The van der Waals surface area contributed by atoms with Crippen molar-refractivity contribution in [1.82, 2.24) is 15.6 Å². The molecular weight excluding hydrogens is 482 g/mol. The van der Waals surface area contributed by atoms with Gasteiger partial charge in [0.15, 0.2) is 0 Å². The summed E-state index contributed by atoms with van der Waals surface area (Å²) in [6.45, 7) is 4.30. The zero-order valence-corrected chi connectivity index (χ0v) is 21.7. The first-order valence-corrected chi connectivity index (χ1v) is 13.3. The zero-order chi connectivity index (χ0) is 24.1. The van der Waals surface area contributed by atoms with Gasteiger partial charge in [-0.3, -0.25) is 9.59 Å². The maximum atomic E-state index is 12.6. The highest BCUT2D eigenvalue weighted by molar-refractivity contribution is 9.10. The first-order valence-electron chi connectivity index (χ1n) is 12.5. The Hall–Kier alpha value is -1.86. The fraction of sp³-hybridized carbons (Fsp3) is 0.615. The molecule has 2 atom stereocenters. The molecule has 0 saturated heterocycles. The van der Waals surface area contributed by atoms with Gasteiger partial charge < -0.3 is 20.7 Å². The Bertz CT molecular complexity index is 866. The molecule has 1 aromatic heterocycles. The molecule has 2 aromatic rings. The summed E-state index contributed by atoms with van der Waals surface area (Å²) in [6, 6.07) is 6.42. The van der Waals surface area contributed by atoms with Crippen molar-refractivity contribution in [2.45, 2.75) is 96.6 Å². The van der Waals surface area contributed by atoms with Crippen LogP contribution in [0, 0.1) is 0 Å². The summed E-state index contributed by atoms with van der Waals surface area (Å²) in [5.41, 5.74) is 1.19. The summed E-state index contributed by atoms with van der Waals surface area (Å²) in [6.07, 6.45) is 12.7. The lowest BCUT2D eigenvalue weighted by Gasteiger charge is -2.20. The number of benzene rings is 1. The van der Waals surface area contributed by atoms with E-state index in [9.17, 15) is 14.7 Å². The number of aromatic amines is 1. The van der Waals surface area contributed by atoms with Crippen LogP contribution in [0.25, 0.3) is 10.9 Å². The predicted molar refractivity (Wildman–Crippen MR) is 138 cm³/mol. The van der Waals surface area contributed by atoms with Crippen molar-refractivity contribution in [3.05, 3.63) is 34.4 Å². The van der Waals surface area contributed by atoms with Crippen LogP contribution in [0.15, 0.2) is 28.7 Å². The van der Waals surface area contributed by atoms with Crippen molar-refractivity contribution in [3.8, 4) is 0 Å². The highest BCUT2D eigenvalue weighted by Gasteiger charge is 2.26. The van der Waals surface area contributed by atoms with E-state index in [2.05, 4.69) is 38.5 Å². The number of hydrogen-bond acceptors (Lipinski definition) is 3. The van der Waals surface area contributed by atoms with Gasteiger partial charge >= 0.3 is 0 Å². The number of fused-ring (bicyclic) bond motifs is 1. The molecule has 0 aliphatic carbocycles. The Labute approximate surface area is 206 Å². The van der Waals surface area contributed by atoms with Gasteiger partial charge in [-0.1, -0.05) is 87.1 Å². The normalized spacial score (nSPS) is 13.1. The molecule has 0 aliphatic heterocycles. The largest absolute Gasteiger partial charge is 0.391 e. The van der Waals surface area contributed by atoms with Crippen LogP contribution in [-0.2, 0) is 4.79 Å². The van der Waals surface area contributed by atoms with Crippen molar-refractivity contribution in [1.29, 1.82) is 0 Å². The Morgan fingerprint density at radius 2 is 1.58 bits per heavy atom. The van der Waals surface area contributed by atoms with Crippen LogP contribution >= 0.6 is 15.9 Å². The van der Waals surface area contributed by atoms with E-state index in [0.717, 1.165) is 28.2 Å². The minimum absolute atomic E-state index is 0.354. The average Bonchev–Trinajstić information content (AvgIpc) is 3.21. The molecule has 33 heavy (non-hydrogen) atoms. The third kappa shape index (κ3) is 9.88. The molecule has 6 nitrogen and oxygen atoms in total. The molecule has 0 radical (unpaired) electrons. The van der Waals surface area contributed by atoms with E-state index in [1.54, 1.807) is 6.07 Å². The van der Waals surface area contributed by atoms with Crippen LogP contribution in [-0.4, -0.2) is 40.6 Å². The van der Waals surface area contributed by atoms with E-state index in [0.29, 0.717) is 12.2 Å². The zero-order valence-electron chi connectivity index (χ0n) is 20.1. The van der Waals surface area contributed by atoms with Gasteiger partial charge in [0.05, 0.1) is 6.10 Å². The smallest absolute Gasteiger partial charge is 0.268 e. The number of hydrogen-bond donors (Lipinski definition) is 4. The first-order chi connectivity index (χ1) is 15.9. The number of amides is 2. The predicted octanol–water partition coefficient (Wildman–Crippen LogP) is 5.84. The van der Waals surface area contributed by atoms with Gasteiger partial charge in [-0.05, 0) is 37.6 Å². The topological polar surface area (TPSA) is 94.2 Å². The fourth-order valence-corrected chi connectivity index (χ4v) is 4.34. The van der Waals surface area contributed by atoms with Crippen LogP contribution in [0.5, 0.6) is 0 Å². The molecule has 0 saturated carbocycles. The fourth-order valence-electron chi connectivity index (χ4n) is 3.96. The van der Waals surface area contributed by atoms with Crippen molar-refractivity contribution in [3.63, 3.8) is 0 Å². The number of halogens is 1. The van der Waals surface area contributed by atoms with Crippen LogP contribution in [0.2, 0.25) is 0 Å². The lowest BCUT2D eigenvalue weighted by Crippen LogP contribution is -2.52. The second-order valence-electron chi connectivity index (χ2n) is 8.93. The molecular formula is C26H40BrN3O3. The Morgan fingerprint density at radius 3 is 2.18 bits per heavy atom. The van der Waals surface area contributed by atoms with Gasteiger partial charge in [0.25, 0.3) is 5.91 Å². The standard InChI is InChI=1S/C26H40BrN3O3/c1-3-4-5-6-7-8-9-10-11-12-13-16-28-26(33)24(19(2)31)30-25(32)23-18-20-17-21(27)14-15-22(20)29-23/h14-15,17-19,24,29,31H,3-13,16H2,1-2H3,(H,28,33)(H,30,32)/t19-,24+/m1/s1. The summed E-state index contributed by atoms with van der Waals surface area (Å²) >= 11 is 3.42. The maximum absolute atomic E-state index is 12.6. The number of nitrogens with one attached hydrogen (secondary N) is 3. The van der Waals surface area contributed by atoms with Crippen molar-refractivity contribution in [2.75, 3.05) is 6.54 Å². The van der Waals surface area contributed by atoms with E-state index in [1.807, 2.05) is 18.2 Å². The van der Waals surface area contributed by atoms with Gasteiger partial charge in [-0.2, -0.15) is 0 Å². The van der Waals surface area contributed by atoms with E-state index in [4.69, 9.17) is 0 Å². The lowest BCUT2D eigenvalue weighted by atomic mass is 10.1. The summed E-state index contributed by atoms with van der Waals surface area (Å²) < 4.78 is 0.921. The van der Waals surface area contributed by atoms with Crippen LogP contribution < -0.4 is 10.6 Å². The third-order valence-corrected chi connectivity index (χ3v) is 6.45. The minimum Gasteiger partial charge on any atom is -0.391 e. The van der Waals surface area contributed by atoms with Crippen molar-refractivity contribution < 1.29 is 14.7 Å². The Morgan fingerprint density at radius 1 is 0.970 bits per heavy atom. The molecule has 0 spiro atoms. The third-order valence-electron chi connectivity index (χ3n) is 5.96. The molecule has 0 fully saturated rings. The van der Waals surface area contributed by atoms with Crippen LogP contribution in [0.1, 0.15) is 95.0 Å². The van der Waals surface area contributed by atoms with Crippen LogP contribution in [0.4, 0.5) is 0 Å².